The molecule has 1 aromatic heterocycles. The fourth-order valence-electron chi connectivity index (χ4n) is 0.916. The van der Waals surface area contributed by atoms with E-state index in [4.69, 9.17) is 4.42 Å². The predicted octanol–water partition coefficient (Wildman–Crippen LogP) is 2.96. The summed E-state index contributed by atoms with van der Waals surface area (Å²) in [6, 6.07) is 3.17. The van der Waals surface area contributed by atoms with E-state index < -0.39 is 0 Å². The van der Waals surface area contributed by atoms with Gasteiger partial charge in [0.2, 0.25) is 5.88 Å². The number of nitrogens with one attached hydrogen (secondary N) is 2. The smallest absolute Gasteiger partial charge is 0.321 e. The molecule has 0 bridgehead atoms. The third kappa shape index (κ3) is 3.83. The summed E-state index contributed by atoms with van der Waals surface area (Å²) in [5.74, 6) is 0.436. The van der Waals surface area contributed by atoms with Crippen molar-refractivity contribution in [1.29, 1.82) is 0 Å². The minimum atomic E-state index is -0.236. The minimum absolute atomic E-state index is 0.236. The van der Waals surface area contributed by atoms with Crippen LogP contribution in [-0.2, 0) is 0 Å². The van der Waals surface area contributed by atoms with Crippen LogP contribution in [0.4, 0.5) is 10.7 Å². The third-order valence-electron chi connectivity index (χ3n) is 1.63. The highest BCUT2D eigenvalue weighted by Gasteiger charge is 2.03. The summed E-state index contributed by atoms with van der Waals surface area (Å²) in [7, 11) is 0. The summed E-state index contributed by atoms with van der Waals surface area (Å²) >= 11 is 3.15. The molecule has 0 aromatic carbocycles. The monoisotopic (exact) mass is 260 g/mol. The van der Waals surface area contributed by atoms with Crippen LogP contribution in [-0.4, -0.2) is 12.6 Å². The molecule has 0 unspecified atom stereocenters. The second-order valence-corrected chi connectivity index (χ2v) is 3.62. The number of halogens is 1. The second-order valence-electron chi connectivity index (χ2n) is 2.84. The number of carbonyl (C=O) groups excluding carboxylic acids is 1. The molecule has 0 radical (unpaired) electrons. The van der Waals surface area contributed by atoms with Crippen molar-refractivity contribution in [2.45, 2.75) is 19.8 Å². The van der Waals surface area contributed by atoms with Gasteiger partial charge in [-0.1, -0.05) is 13.3 Å². The van der Waals surface area contributed by atoms with E-state index in [1.165, 1.54) is 0 Å². The SMILES string of the molecule is CCCCNC(=O)Nc1ccc(Br)o1. The molecule has 0 fully saturated rings. The van der Waals surface area contributed by atoms with Gasteiger partial charge in [0, 0.05) is 12.6 Å². The van der Waals surface area contributed by atoms with E-state index in [9.17, 15) is 4.79 Å². The van der Waals surface area contributed by atoms with Gasteiger partial charge < -0.3 is 9.73 Å². The van der Waals surface area contributed by atoms with Crippen LogP contribution in [0.15, 0.2) is 21.2 Å². The number of amides is 2. The number of carbonyl (C=O) groups is 1. The van der Waals surface area contributed by atoms with Crippen LogP contribution >= 0.6 is 15.9 Å². The van der Waals surface area contributed by atoms with E-state index in [-0.39, 0.29) is 6.03 Å². The molecule has 4 nitrogen and oxygen atoms in total. The summed E-state index contributed by atoms with van der Waals surface area (Å²) in [6.45, 7) is 2.76. The Kier molecular flexibility index (Phi) is 4.52. The number of furan rings is 1. The lowest BCUT2D eigenvalue weighted by atomic mass is 10.3. The van der Waals surface area contributed by atoms with Crippen LogP contribution in [0.25, 0.3) is 0 Å². The van der Waals surface area contributed by atoms with Gasteiger partial charge in [-0.05, 0) is 28.4 Å². The average molecular weight is 261 g/mol. The first kappa shape index (κ1) is 11.1. The Bertz CT molecular complexity index is 299. The lowest BCUT2D eigenvalue weighted by Gasteiger charge is -2.03. The van der Waals surface area contributed by atoms with Crippen molar-refractivity contribution in [3.05, 3.63) is 16.8 Å². The zero-order chi connectivity index (χ0) is 10.4. The van der Waals surface area contributed by atoms with E-state index in [1.54, 1.807) is 12.1 Å². The number of hydrogen-bond acceptors (Lipinski definition) is 2. The van der Waals surface area contributed by atoms with E-state index in [0.717, 1.165) is 12.8 Å². The lowest BCUT2D eigenvalue weighted by molar-refractivity contribution is 0.251. The Morgan fingerprint density at radius 1 is 1.57 bits per heavy atom. The molecule has 0 spiro atoms. The van der Waals surface area contributed by atoms with Crippen molar-refractivity contribution < 1.29 is 9.21 Å². The van der Waals surface area contributed by atoms with Crippen LogP contribution in [0.2, 0.25) is 0 Å². The van der Waals surface area contributed by atoms with Crippen LogP contribution in [0.3, 0.4) is 0 Å². The zero-order valence-electron chi connectivity index (χ0n) is 7.97. The standard InChI is InChI=1S/C9H13BrN2O2/c1-2-3-6-11-9(13)12-8-5-4-7(10)14-8/h4-5H,2-3,6H2,1H3,(H2,11,12,13). The van der Waals surface area contributed by atoms with Gasteiger partial charge in [-0.2, -0.15) is 0 Å². The molecule has 0 atom stereocenters. The van der Waals surface area contributed by atoms with Crippen molar-refractivity contribution >= 4 is 27.8 Å². The van der Waals surface area contributed by atoms with Crippen LogP contribution < -0.4 is 10.6 Å². The highest BCUT2D eigenvalue weighted by Crippen LogP contribution is 2.17. The first-order chi connectivity index (χ1) is 6.72. The Hall–Kier alpha value is -0.970. The molecule has 14 heavy (non-hydrogen) atoms. The van der Waals surface area contributed by atoms with Crippen LogP contribution in [0.5, 0.6) is 0 Å². The summed E-state index contributed by atoms with van der Waals surface area (Å²) < 4.78 is 5.70. The third-order valence-corrected chi connectivity index (χ3v) is 2.05. The van der Waals surface area contributed by atoms with Crippen molar-refractivity contribution in [3.8, 4) is 0 Å². The van der Waals surface area contributed by atoms with Gasteiger partial charge in [0.1, 0.15) is 0 Å². The number of rotatable bonds is 4. The molecule has 0 saturated heterocycles. The molecule has 2 N–H and O–H groups in total. The lowest BCUT2D eigenvalue weighted by Crippen LogP contribution is -2.29. The van der Waals surface area contributed by atoms with Gasteiger partial charge in [-0.3, -0.25) is 5.32 Å². The molecular weight excluding hydrogens is 248 g/mol. The Morgan fingerprint density at radius 3 is 2.93 bits per heavy atom. The number of hydrogen-bond donors (Lipinski definition) is 2. The maximum absolute atomic E-state index is 11.2. The maximum atomic E-state index is 11.2. The quantitative estimate of drug-likeness (QED) is 0.818. The van der Waals surface area contributed by atoms with E-state index in [0.29, 0.717) is 17.1 Å². The summed E-state index contributed by atoms with van der Waals surface area (Å²) in [5, 5.41) is 5.29. The van der Waals surface area contributed by atoms with E-state index in [2.05, 4.69) is 33.5 Å². The fraction of sp³-hybridized carbons (Fsp3) is 0.444. The molecular formula is C9H13BrN2O2. The number of urea groups is 1. The first-order valence-electron chi connectivity index (χ1n) is 4.52. The first-order valence-corrected chi connectivity index (χ1v) is 5.32. The molecule has 1 rings (SSSR count). The average Bonchev–Trinajstić information content (AvgIpc) is 2.52. The molecule has 5 heteroatoms. The zero-order valence-corrected chi connectivity index (χ0v) is 9.56. The van der Waals surface area contributed by atoms with E-state index in [1.807, 2.05) is 0 Å². The molecule has 1 aromatic rings. The summed E-state index contributed by atoms with van der Waals surface area (Å²) in [4.78, 5) is 11.2. The predicted molar refractivity (Wildman–Crippen MR) is 58.3 cm³/mol. The van der Waals surface area contributed by atoms with Gasteiger partial charge >= 0.3 is 6.03 Å². The molecule has 78 valence electrons. The van der Waals surface area contributed by atoms with E-state index >= 15 is 0 Å². The summed E-state index contributed by atoms with van der Waals surface area (Å²) in [5.41, 5.74) is 0. The Labute approximate surface area is 91.2 Å². The molecule has 2 amide bonds. The van der Waals surface area contributed by atoms with Crippen molar-refractivity contribution in [3.63, 3.8) is 0 Å². The van der Waals surface area contributed by atoms with Crippen molar-refractivity contribution in [1.82, 2.24) is 5.32 Å². The normalized spacial score (nSPS) is 9.86. The van der Waals surface area contributed by atoms with Gasteiger partial charge in [0.25, 0.3) is 0 Å². The second kappa shape index (κ2) is 5.70. The highest BCUT2D eigenvalue weighted by atomic mass is 79.9. The van der Waals surface area contributed by atoms with Crippen molar-refractivity contribution in [2.24, 2.45) is 0 Å². The number of unbranched alkanes of at least 4 members (excludes halogenated alkanes) is 1. The van der Waals surface area contributed by atoms with Crippen molar-refractivity contribution in [2.75, 3.05) is 11.9 Å². The highest BCUT2D eigenvalue weighted by molar-refractivity contribution is 9.10. The Balaban J connectivity index is 2.27. The Morgan fingerprint density at radius 2 is 2.36 bits per heavy atom. The van der Waals surface area contributed by atoms with Gasteiger partial charge in [-0.15, -0.1) is 0 Å². The fourth-order valence-corrected chi connectivity index (χ4v) is 1.22. The molecule has 0 aliphatic heterocycles. The maximum Gasteiger partial charge on any atom is 0.321 e. The molecule has 0 aliphatic rings. The topological polar surface area (TPSA) is 54.3 Å². The molecule has 0 saturated carbocycles. The summed E-state index contributed by atoms with van der Waals surface area (Å²) in [6.07, 6.45) is 2.04. The van der Waals surface area contributed by atoms with Crippen LogP contribution in [0, 0.1) is 0 Å². The van der Waals surface area contributed by atoms with Gasteiger partial charge in [0.15, 0.2) is 4.67 Å². The largest absolute Gasteiger partial charge is 0.434 e. The van der Waals surface area contributed by atoms with Gasteiger partial charge in [0.05, 0.1) is 0 Å². The van der Waals surface area contributed by atoms with Crippen LogP contribution in [0.1, 0.15) is 19.8 Å². The molecule has 0 aliphatic carbocycles. The molecule has 1 heterocycles. The van der Waals surface area contributed by atoms with Gasteiger partial charge in [-0.25, -0.2) is 4.79 Å². The minimum Gasteiger partial charge on any atom is -0.434 e. The number of anilines is 1.